The molecule has 1 aliphatic heterocycles. The highest BCUT2D eigenvalue weighted by Gasteiger charge is 2.21. The van der Waals surface area contributed by atoms with Crippen LogP contribution in [0.25, 0.3) is 0 Å². The van der Waals surface area contributed by atoms with E-state index in [0.717, 1.165) is 36.2 Å². The fourth-order valence-corrected chi connectivity index (χ4v) is 3.39. The smallest absolute Gasteiger partial charge is 0.231 e. The van der Waals surface area contributed by atoms with Gasteiger partial charge in [0.2, 0.25) is 11.8 Å². The Hall–Kier alpha value is -2.62. The second kappa shape index (κ2) is 7.51. The second-order valence-corrected chi connectivity index (χ2v) is 6.53. The van der Waals surface area contributed by atoms with Gasteiger partial charge in [-0.05, 0) is 41.7 Å². The molecule has 0 fully saturated rings. The molecule has 2 aromatic rings. The number of hydrogen-bond acceptors (Lipinski definition) is 2. The zero-order valence-corrected chi connectivity index (χ0v) is 14.8. The van der Waals surface area contributed by atoms with Crippen molar-refractivity contribution in [2.24, 2.45) is 0 Å². The van der Waals surface area contributed by atoms with E-state index in [1.54, 1.807) is 6.92 Å². The van der Waals surface area contributed by atoms with Gasteiger partial charge in [-0.25, -0.2) is 0 Å². The maximum absolute atomic E-state index is 12.7. The summed E-state index contributed by atoms with van der Waals surface area (Å²) >= 11 is 0. The molecule has 0 aromatic heterocycles. The number of amides is 2. The minimum atomic E-state index is -0.161. The van der Waals surface area contributed by atoms with Crippen LogP contribution in [-0.4, -0.2) is 23.3 Å². The van der Waals surface area contributed by atoms with E-state index in [1.807, 2.05) is 54.3 Å². The van der Waals surface area contributed by atoms with E-state index in [4.69, 9.17) is 0 Å². The molecule has 0 saturated heterocycles. The van der Waals surface area contributed by atoms with Gasteiger partial charge in [-0.2, -0.15) is 0 Å². The van der Waals surface area contributed by atoms with Crippen LogP contribution in [0.2, 0.25) is 0 Å². The Kier molecular flexibility index (Phi) is 5.17. The summed E-state index contributed by atoms with van der Waals surface area (Å²) in [4.78, 5) is 26.2. The van der Waals surface area contributed by atoms with E-state index >= 15 is 0 Å². The molecule has 2 amide bonds. The van der Waals surface area contributed by atoms with Gasteiger partial charge in [0.15, 0.2) is 0 Å². The van der Waals surface area contributed by atoms with Gasteiger partial charge in [-0.15, -0.1) is 0 Å². The Morgan fingerprint density at radius 3 is 2.56 bits per heavy atom. The molecule has 0 spiro atoms. The van der Waals surface area contributed by atoms with Crippen molar-refractivity contribution in [1.82, 2.24) is 4.90 Å². The van der Waals surface area contributed by atoms with E-state index in [-0.39, 0.29) is 17.7 Å². The van der Waals surface area contributed by atoms with Crippen LogP contribution >= 0.6 is 0 Å². The number of carbonyl (C=O) groups excluding carboxylic acids is 2. The summed E-state index contributed by atoms with van der Waals surface area (Å²) in [5, 5.41) is 3.04. The number of nitrogens with zero attached hydrogens (tertiary/aromatic N) is 1. The van der Waals surface area contributed by atoms with Crippen molar-refractivity contribution in [1.29, 1.82) is 0 Å². The first kappa shape index (κ1) is 17.2. The molecule has 1 N–H and O–H groups in total. The number of fused-ring (bicyclic) bond motifs is 1. The SMILES string of the molecule is CCC(C(=O)Nc1ccc2c(c1)CN(C(C)=O)CC2)c1ccccc1. The van der Waals surface area contributed by atoms with Gasteiger partial charge in [0.25, 0.3) is 0 Å². The molecule has 0 bridgehead atoms. The van der Waals surface area contributed by atoms with Crippen LogP contribution in [0.15, 0.2) is 48.5 Å². The molecular formula is C21H24N2O2. The van der Waals surface area contributed by atoms with Gasteiger partial charge in [0.05, 0.1) is 5.92 Å². The Labute approximate surface area is 148 Å². The lowest BCUT2D eigenvalue weighted by atomic mass is 9.95. The van der Waals surface area contributed by atoms with Gasteiger partial charge in [0, 0.05) is 25.7 Å². The van der Waals surface area contributed by atoms with Crippen LogP contribution in [0, 0.1) is 0 Å². The molecule has 2 aromatic carbocycles. The Morgan fingerprint density at radius 2 is 1.88 bits per heavy atom. The van der Waals surface area contributed by atoms with Gasteiger partial charge in [-0.3, -0.25) is 9.59 Å². The van der Waals surface area contributed by atoms with Gasteiger partial charge >= 0.3 is 0 Å². The monoisotopic (exact) mass is 336 g/mol. The largest absolute Gasteiger partial charge is 0.338 e. The molecule has 1 heterocycles. The first-order chi connectivity index (χ1) is 12.1. The van der Waals surface area contributed by atoms with Crippen molar-refractivity contribution < 1.29 is 9.59 Å². The fourth-order valence-electron chi connectivity index (χ4n) is 3.39. The molecule has 1 aliphatic rings. The predicted molar refractivity (Wildman–Crippen MR) is 99.3 cm³/mol. The van der Waals surface area contributed by atoms with Crippen molar-refractivity contribution in [3.8, 4) is 0 Å². The molecule has 4 heteroatoms. The van der Waals surface area contributed by atoms with E-state index in [0.29, 0.717) is 6.54 Å². The molecule has 0 radical (unpaired) electrons. The van der Waals surface area contributed by atoms with E-state index in [1.165, 1.54) is 5.56 Å². The zero-order chi connectivity index (χ0) is 17.8. The third kappa shape index (κ3) is 3.90. The normalized spacial score (nSPS) is 14.6. The topological polar surface area (TPSA) is 49.4 Å². The Morgan fingerprint density at radius 1 is 1.12 bits per heavy atom. The second-order valence-electron chi connectivity index (χ2n) is 6.53. The van der Waals surface area contributed by atoms with Gasteiger partial charge in [0.1, 0.15) is 0 Å². The molecule has 0 aliphatic carbocycles. The standard InChI is InChI=1S/C21H24N2O2/c1-3-20(17-7-5-4-6-8-17)21(25)22-19-10-9-16-11-12-23(15(2)24)14-18(16)13-19/h4-10,13,20H,3,11-12,14H2,1-2H3,(H,22,25). The summed E-state index contributed by atoms with van der Waals surface area (Å²) < 4.78 is 0. The average Bonchev–Trinajstić information content (AvgIpc) is 2.62. The maximum atomic E-state index is 12.7. The highest BCUT2D eigenvalue weighted by atomic mass is 16.2. The number of carbonyl (C=O) groups is 2. The minimum absolute atomic E-state index is 0.00730. The first-order valence-electron chi connectivity index (χ1n) is 8.81. The summed E-state index contributed by atoms with van der Waals surface area (Å²) in [6, 6.07) is 15.9. The van der Waals surface area contributed by atoms with Crippen LogP contribution in [-0.2, 0) is 22.6 Å². The van der Waals surface area contributed by atoms with Gasteiger partial charge < -0.3 is 10.2 Å². The van der Waals surface area contributed by atoms with Crippen LogP contribution in [0.1, 0.15) is 42.9 Å². The number of hydrogen-bond donors (Lipinski definition) is 1. The van der Waals surface area contributed by atoms with Crippen LogP contribution in [0.4, 0.5) is 5.69 Å². The zero-order valence-electron chi connectivity index (χ0n) is 14.8. The lowest BCUT2D eigenvalue weighted by Crippen LogP contribution is -2.34. The van der Waals surface area contributed by atoms with E-state index in [9.17, 15) is 9.59 Å². The van der Waals surface area contributed by atoms with Crippen molar-refractivity contribution >= 4 is 17.5 Å². The van der Waals surface area contributed by atoms with Crippen LogP contribution < -0.4 is 5.32 Å². The maximum Gasteiger partial charge on any atom is 0.231 e. The molecule has 25 heavy (non-hydrogen) atoms. The molecule has 130 valence electrons. The summed E-state index contributed by atoms with van der Waals surface area (Å²) in [5.74, 6) is -0.0611. The molecular weight excluding hydrogens is 312 g/mol. The summed E-state index contributed by atoms with van der Waals surface area (Å²) in [6.45, 7) is 5.00. The predicted octanol–water partition coefficient (Wildman–Crippen LogP) is 3.72. The third-order valence-electron chi connectivity index (χ3n) is 4.86. The molecule has 4 nitrogen and oxygen atoms in total. The van der Waals surface area contributed by atoms with Gasteiger partial charge in [-0.1, -0.05) is 43.3 Å². The summed E-state index contributed by atoms with van der Waals surface area (Å²) in [7, 11) is 0. The Bertz CT molecular complexity index is 771. The van der Waals surface area contributed by atoms with Crippen molar-refractivity contribution in [2.45, 2.75) is 39.2 Å². The lowest BCUT2D eigenvalue weighted by Gasteiger charge is -2.28. The third-order valence-corrected chi connectivity index (χ3v) is 4.86. The highest BCUT2D eigenvalue weighted by Crippen LogP contribution is 2.25. The van der Waals surface area contributed by atoms with E-state index < -0.39 is 0 Å². The molecule has 1 unspecified atom stereocenters. The minimum Gasteiger partial charge on any atom is -0.338 e. The number of nitrogens with one attached hydrogen (secondary N) is 1. The van der Waals surface area contributed by atoms with Crippen molar-refractivity contribution in [3.63, 3.8) is 0 Å². The van der Waals surface area contributed by atoms with E-state index in [2.05, 4.69) is 11.4 Å². The Balaban J connectivity index is 1.76. The number of benzene rings is 2. The van der Waals surface area contributed by atoms with Crippen LogP contribution in [0.5, 0.6) is 0 Å². The van der Waals surface area contributed by atoms with Crippen LogP contribution in [0.3, 0.4) is 0 Å². The number of rotatable bonds is 4. The summed E-state index contributed by atoms with van der Waals surface area (Å²) in [5.41, 5.74) is 4.20. The highest BCUT2D eigenvalue weighted by molar-refractivity contribution is 5.96. The summed E-state index contributed by atoms with van der Waals surface area (Å²) in [6.07, 6.45) is 1.61. The van der Waals surface area contributed by atoms with Crippen molar-refractivity contribution in [2.75, 3.05) is 11.9 Å². The molecule has 0 saturated carbocycles. The number of anilines is 1. The van der Waals surface area contributed by atoms with Crippen molar-refractivity contribution in [3.05, 3.63) is 65.2 Å². The lowest BCUT2D eigenvalue weighted by molar-refractivity contribution is -0.129. The molecule has 3 rings (SSSR count). The molecule has 1 atom stereocenters. The first-order valence-corrected chi connectivity index (χ1v) is 8.81. The average molecular weight is 336 g/mol. The quantitative estimate of drug-likeness (QED) is 0.925. The fraction of sp³-hybridized carbons (Fsp3) is 0.333.